The number of hydrogen-bond donors (Lipinski definition) is 2. The predicted octanol–water partition coefficient (Wildman–Crippen LogP) is 1.62. The summed E-state index contributed by atoms with van der Waals surface area (Å²) in [6, 6.07) is 5.01. The van der Waals surface area contributed by atoms with Gasteiger partial charge < -0.3 is 15.4 Å². The van der Waals surface area contributed by atoms with Crippen LogP contribution < -0.4 is 15.4 Å². The fraction of sp³-hybridized carbons (Fsp3) is 0.455. The molecule has 0 heterocycles. The van der Waals surface area contributed by atoms with Gasteiger partial charge in [0.2, 0.25) is 0 Å². The first kappa shape index (κ1) is 13.2. The first-order valence-electron chi connectivity index (χ1n) is 5.49. The van der Waals surface area contributed by atoms with E-state index in [4.69, 9.17) is 4.74 Å². The van der Waals surface area contributed by atoms with Gasteiger partial charge in [-0.1, -0.05) is 6.07 Å². The van der Waals surface area contributed by atoms with Crippen LogP contribution >= 0.6 is 0 Å². The second-order valence-electron chi connectivity index (χ2n) is 3.37. The third-order valence-corrected chi connectivity index (χ3v) is 2.17. The highest BCUT2D eigenvalue weighted by molar-refractivity contribution is 5.68. The van der Waals surface area contributed by atoms with E-state index in [-0.39, 0.29) is 5.69 Å². The number of hydrogen-bond acceptors (Lipinski definition) is 5. The lowest BCUT2D eigenvalue weighted by atomic mass is 10.2. The number of nitro groups is 1. The Kier molecular flexibility index (Phi) is 5.22. The van der Waals surface area contributed by atoms with E-state index in [1.807, 2.05) is 7.05 Å². The molecule has 0 amide bonds. The van der Waals surface area contributed by atoms with E-state index in [2.05, 4.69) is 10.6 Å². The lowest BCUT2D eigenvalue weighted by Gasteiger charge is -2.10. The van der Waals surface area contributed by atoms with Crippen LogP contribution in [0.2, 0.25) is 0 Å². The Hall–Kier alpha value is -1.82. The molecule has 1 rings (SSSR count). The number of anilines is 1. The first-order chi connectivity index (χ1) is 8.20. The number of nitrogens with zero attached hydrogens (tertiary/aromatic N) is 1. The molecule has 1 aromatic rings. The Morgan fingerprint density at radius 1 is 1.41 bits per heavy atom. The van der Waals surface area contributed by atoms with Crippen LogP contribution in [0.25, 0.3) is 0 Å². The van der Waals surface area contributed by atoms with E-state index < -0.39 is 4.92 Å². The molecule has 2 N–H and O–H groups in total. The van der Waals surface area contributed by atoms with Crippen molar-refractivity contribution in [1.29, 1.82) is 0 Å². The van der Waals surface area contributed by atoms with Crippen molar-refractivity contribution in [3.63, 3.8) is 0 Å². The summed E-state index contributed by atoms with van der Waals surface area (Å²) >= 11 is 0. The van der Waals surface area contributed by atoms with Gasteiger partial charge in [0.15, 0.2) is 5.75 Å². The second-order valence-corrected chi connectivity index (χ2v) is 3.37. The molecule has 0 aliphatic carbocycles. The lowest BCUT2D eigenvalue weighted by molar-refractivity contribution is -0.384. The summed E-state index contributed by atoms with van der Waals surface area (Å²) < 4.78 is 5.25. The van der Waals surface area contributed by atoms with Crippen LogP contribution in [0.15, 0.2) is 18.2 Å². The molecule has 0 unspecified atom stereocenters. The minimum absolute atomic E-state index is 0.00884. The summed E-state index contributed by atoms with van der Waals surface area (Å²) in [6.07, 6.45) is 0. The molecular formula is C11H17N3O3. The van der Waals surface area contributed by atoms with Gasteiger partial charge in [0.25, 0.3) is 0 Å². The van der Waals surface area contributed by atoms with Gasteiger partial charge in [-0.25, -0.2) is 0 Å². The highest BCUT2D eigenvalue weighted by Gasteiger charge is 2.20. The first-order valence-corrected chi connectivity index (χ1v) is 5.49. The number of likely N-dealkylation sites (N-methyl/N-ethyl adjacent to an activating group) is 1. The van der Waals surface area contributed by atoms with Crippen molar-refractivity contribution in [2.75, 3.05) is 32.1 Å². The van der Waals surface area contributed by atoms with Gasteiger partial charge in [-0.2, -0.15) is 0 Å². The Balaban J connectivity index is 2.94. The molecule has 17 heavy (non-hydrogen) atoms. The van der Waals surface area contributed by atoms with Crippen LogP contribution in [-0.4, -0.2) is 31.7 Å². The Morgan fingerprint density at radius 2 is 2.18 bits per heavy atom. The fourth-order valence-electron chi connectivity index (χ4n) is 1.45. The topological polar surface area (TPSA) is 76.4 Å². The van der Waals surface area contributed by atoms with Gasteiger partial charge in [0.1, 0.15) is 5.69 Å². The maximum Gasteiger partial charge on any atom is 0.333 e. The molecule has 0 saturated heterocycles. The molecule has 0 bridgehead atoms. The monoisotopic (exact) mass is 239 g/mol. The van der Waals surface area contributed by atoms with E-state index in [1.165, 1.54) is 0 Å². The molecule has 1 aromatic carbocycles. The zero-order chi connectivity index (χ0) is 12.7. The van der Waals surface area contributed by atoms with Crippen LogP contribution in [0.4, 0.5) is 11.4 Å². The largest absolute Gasteiger partial charge is 0.487 e. The van der Waals surface area contributed by atoms with Gasteiger partial charge >= 0.3 is 5.69 Å². The number of para-hydroxylation sites is 1. The number of rotatable bonds is 7. The van der Waals surface area contributed by atoms with Crippen LogP contribution in [0.1, 0.15) is 6.92 Å². The van der Waals surface area contributed by atoms with Gasteiger partial charge in [-0.3, -0.25) is 10.1 Å². The molecular weight excluding hydrogens is 222 g/mol. The summed E-state index contributed by atoms with van der Waals surface area (Å²) in [6.45, 7) is 3.55. The summed E-state index contributed by atoms with van der Waals surface area (Å²) in [7, 11) is 1.83. The highest BCUT2D eigenvalue weighted by Crippen LogP contribution is 2.34. The van der Waals surface area contributed by atoms with Crippen molar-refractivity contribution in [3.05, 3.63) is 28.3 Å². The number of ether oxygens (including phenoxy) is 1. The van der Waals surface area contributed by atoms with Crippen LogP contribution in [0.5, 0.6) is 5.75 Å². The van der Waals surface area contributed by atoms with Crippen molar-refractivity contribution in [2.45, 2.75) is 6.92 Å². The van der Waals surface area contributed by atoms with E-state index in [0.717, 1.165) is 6.54 Å². The fourth-order valence-corrected chi connectivity index (χ4v) is 1.45. The van der Waals surface area contributed by atoms with Crippen molar-refractivity contribution >= 4 is 11.4 Å². The standard InChI is InChI=1S/C11H17N3O3/c1-3-17-10-6-4-5-9(11(10)14(15)16)13-8-7-12-2/h4-6,12-13H,3,7-8H2,1-2H3. The van der Waals surface area contributed by atoms with Gasteiger partial charge in [0, 0.05) is 13.1 Å². The summed E-state index contributed by atoms with van der Waals surface area (Å²) in [4.78, 5) is 10.6. The van der Waals surface area contributed by atoms with Crippen LogP contribution in [-0.2, 0) is 0 Å². The quantitative estimate of drug-likeness (QED) is 0.429. The maximum absolute atomic E-state index is 11.0. The molecule has 0 fully saturated rings. The second kappa shape index (κ2) is 6.70. The van der Waals surface area contributed by atoms with Crippen molar-refractivity contribution < 1.29 is 9.66 Å². The lowest BCUT2D eigenvalue weighted by Crippen LogP contribution is -2.18. The van der Waals surface area contributed by atoms with Gasteiger partial charge in [0.05, 0.1) is 11.5 Å². The molecule has 0 radical (unpaired) electrons. The summed E-state index contributed by atoms with van der Waals surface area (Å²) in [5.41, 5.74) is 0.474. The number of nitro benzene ring substituents is 1. The number of benzene rings is 1. The van der Waals surface area contributed by atoms with E-state index in [9.17, 15) is 10.1 Å². The maximum atomic E-state index is 11.0. The van der Waals surface area contributed by atoms with Crippen LogP contribution in [0.3, 0.4) is 0 Å². The smallest absolute Gasteiger partial charge is 0.333 e. The van der Waals surface area contributed by atoms with E-state index in [0.29, 0.717) is 24.6 Å². The summed E-state index contributed by atoms with van der Waals surface area (Å²) in [5.74, 6) is 0.298. The Bertz CT molecular complexity index is 382. The molecule has 0 aliphatic rings. The highest BCUT2D eigenvalue weighted by atomic mass is 16.6. The minimum Gasteiger partial charge on any atom is -0.487 e. The summed E-state index contributed by atoms with van der Waals surface area (Å²) in [5, 5.41) is 17.0. The minimum atomic E-state index is -0.424. The zero-order valence-corrected chi connectivity index (χ0v) is 10.0. The van der Waals surface area contributed by atoms with Gasteiger partial charge in [-0.15, -0.1) is 0 Å². The third-order valence-electron chi connectivity index (χ3n) is 2.17. The van der Waals surface area contributed by atoms with Crippen molar-refractivity contribution in [1.82, 2.24) is 5.32 Å². The van der Waals surface area contributed by atoms with Crippen molar-refractivity contribution in [3.8, 4) is 5.75 Å². The average Bonchev–Trinajstić information content (AvgIpc) is 2.29. The zero-order valence-electron chi connectivity index (χ0n) is 10.0. The molecule has 0 aromatic heterocycles. The Labute approximate surface area is 100 Å². The molecule has 94 valence electrons. The molecule has 0 aliphatic heterocycles. The average molecular weight is 239 g/mol. The van der Waals surface area contributed by atoms with E-state index in [1.54, 1.807) is 25.1 Å². The predicted molar refractivity (Wildman–Crippen MR) is 66.7 cm³/mol. The van der Waals surface area contributed by atoms with Crippen molar-refractivity contribution in [2.24, 2.45) is 0 Å². The van der Waals surface area contributed by atoms with Gasteiger partial charge in [-0.05, 0) is 26.1 Å². The molecule has 0 atom stereocenters. The molecule has 6 nitrogen and oxygen atoms in total. The molecule has 6 heteroatoms. The SMILES string of the molecule is CCOc1cccc(NCCNC)c1[N+](=O)[O-]. The van der Waals surface area contributed by atoms with Crippen LogP contribution in [0, 0.1) is 10.1 Å². The molecule has 0 spiro atoms. The Morgan fingerprint density at radius 3 is 2.76 bits per heavy atom. The normalized spacial score (nSPS) is 10.0. The third kappa shape index (κ3) is 3.60. The molecule has 0 saturated carbocycles. The van der Waals surface area contributed by atoms with E-state index >= 15 is 0 Å². The number of nitrogens with one attached hydrogen (secondary N) is 2.